The standard InChI is InChI=1S/C19H23ClFN5O2S/c1-19(2,3)28-18(27)26-10-5-6-11(26)9-25(8-10)16-12-7-22-15(20)13(21)14(12)23-17(24-16)29-4/h7,10-11H,5-6,8-9H2,1-4H3/t10-,11+. The molecule has 0 saturated carbocycles. The molecule has 1 amide bonds. The van der Waals surface area contributed by atoms with Crippen molar-refractivity contribution in [1.82, 2.24) is 19.9 Å². The number of rotatable bonds is 2. The van der Waals surface area contributed by atoms with E-state index in [1.165, 1.54) is 18.0 Å². The molecule has 7 nitrogen and oxygen atoms in total. The second-order valence-electron chi connectivity index (χ2n) is 8.34. The number of anilines is 1. The summed E-state index contributed by atoms with van der Waals surface area (Å²) in [5, 5.41) is 0.787. The van der Waals surface area contributed by atoms with Gasteiger partial charge in [-0.05, 0) is 39.9 Å². The van der Waals surface area contributed by atoms with Gasteiger partial charge in [0.05, 0.1) is 17.5 Å². The molecular weight excluding hydrogens is 417 g/mol. The highest BCUT2D eigenvalue weighted by molar-refractivity contribution is 7.98. The third kappa shape index (κ3) is 3.82. The number of carbonyl (C=O) groups is 1. The Morgan fingerprint density at radius 2 is 1.93 bits per heavy atom. The summed E-state index contributed by atoms with van der Waals surface area (Å²) in [5.74, 6) is -0.0124. The first-order chi connectivity index (χ1) is 13.7. The van der Waals surface area contributed by atoms with Crippen molar-refractivity contribution in [1.29, 1.82) is 0 Å². The second kappa shape index (κ2) is 7.43. The molecule has 4 rings (SSSR count). The normalized spacial score (nSPS) is 21.7. The molecular formula is C19H23ClFN5O2S. The Labute approximate surface area is 178 Å². The van der Waals surface area contributed by atoms with Gasteiger partial charge in [0.15, 0.2) is 16.1 Å². The third-order valence-electron chi connectivity index (χ3n) is 5.17. The van der Waals surface area contributed by atoms with Crippen LogP contribution in [0.25, 0.3) is 10.9 Å². The molecule has 2 aromatic rings. The molecule has 2 aliphatic heterocycles. The fraction of sp³-hybridized carbons (Fsp3) is 0.579. The number of thioether (sulfide) groups is 1. The van der Waals surface area contributed by atoms with Gasteiger partial charge >= 0.3 is 6.09 Å². The second-order valence-corrected chi connectivity index (χ2v) is 9.47. The van der Waals surface area contributed by atoms with Gasteiger partial charge in [-0.2, -0.15) is 0 Å². The van der Waals surface area contributed by atoms with Crippen LogP contribution in [0.2, 0.25) is 5.15 Å². The van der Waals surface area contributed by atoms with Crippen LogP contribution in [0.15, 0.2) is 11.4 Å². The number of aromatic nitrogens is 3. The Bertz CT molecular complexity index is 956. The molecule has 0 aliphatic carbocycles. The summed E-state index contributed by atoms with van der Waals surface area (Å²) in [6.45, 7) is 6.80. The molecule has 2 atom stereocenters. The van der Waals surface area contributed by atoms with Crippen molar-refractivity contribution in [3.63, 3.8) is 0 Å². The minimum Gasteiger partial charge on any atom is -0.444 e. The molecule has 10 heteroatoms. The minimum atomic E-state index is -0.640. The summed E-state index contributed by atoms with van der Waals surface area (Å²) < 4.78 is 20.2. The number of hydrogen-bond acceptors (Lipinski definition) is 7. The maximum atomic E-state index is 14.6. The molecule has 0 radical (unpaired) electrons. The van der Waals surface area contributed by atoms with Crippen LogP contribution in [0.4, 0.5) is 15.0 Å². The van der Waals surface area contributed by atoms with Crippen molar-refractivity contribution in [3.05, 3.63) is 17.2 Å². The number of halogens is 2. The van der Waals surface area contributed by atoms with E-state index in [2.05, 4.69) is 19.9 Å². The molecule has 0 spiro atoms. The molecule has 2 aromatic heterocycles. The molecule has 0 aromatic carbocycles. The van der Waals surface area contributed by atoms with Crippen LogP contribution in [-0.2, 0) is 4.74 Å². The van der Waals surface area contributed by atoms with E-state index in [1.807, 2.05) is 31.9 Å². The fourth-order valence-corrected chi connectivity index (χ4v) is 4.52. The third-order valence-corrected chi connectivity index (χ3v) is 5.98. The number of hydrogen-bond donors (Lipinski definition) is 0. The van der Waals surface area contributed by atoms with E-state index in [4.69, 9.17) is 16.3 Å². The van der Waals surface area contributed by atoms with E-state index in [0.29, 0.717) is 29.5 Å². The molecule has 0 N–H and O–H groups in total. The lowest BCUT2D eigenvalue weighted by molar-refractivity contribution is 0.0123. The van der Waals surface area contributed by atoms with E-state index >= 15 is 0 Å². The van der Waals surface area contributed by atoms with E-state index in [0.717, 1.165) is 12.8 Å². The molecule has 2 aliphatic rings. The predicted octanol–water partition coefficient (Wildman–Crippen LogP) is 4.13. The highest BCUT2D eigenvalue weighted by Gasteiger charge is 2.45. The van der Waals surface area contributed by atoms with Gasteiger partial charge in [0.1, 0.15) is 16.9 Å². The van der Waals surface area contributed by atoms with Crippen LogP contribution in [0, 0.1) is 5.82 Å². The summed E-state index contributed by atoms with van der Waals surface area (Å²) >= 11 is 7.20. The zero-order valence-electron chi connectivity index (χ0n) is 16.8. The van der Waals surface area contributed by atoms with Crippen LogP contribution >= 0.6 is 23.4 Å². The summed E-state index contributed by atoms with van der Waals surface area (Å²) in [4.78, 5) is 29.5. The van der Waals surface area contributed by atoms with Gasteiger partial charge in [0.25, 0.3) is 0 Å². The number of nitrogens with zero attached hydrogens (tertiary/aromatic N) is 5. The Morgan fingerprint density at radius 1 is 1.28 bits per heavy atom. The lowest BCUT2D eigenvalue weighted by atomic mass is 10.1. The van der Waals surface area contributed by atoms with E-state index < -0.39 is 11.4 Å². The number of amides is 1. The molecule has 2 bridgehead atoms. The summed E-state index contributed by atoms with van der Waals surface area (Å²) in [5.41, 5.74) is -0.368. The lowest BCUT2D eigenvalue weighted by Crippen LogP contribution is -2.57. The smallest absolute Gasteiger partial charge is 0.410 e. The van der Waals surface area contributed by atoms with Gasteiger partial charge in [-0.1, -0.05) is 23.4 Å². The number of ether oxygens (including phenoxy) is 1. The average molecular weight is 440 g/mol. The molecule has 156 valence electrons. The monoisotopic (exact) mass is 439 g/mol. The summed E-state index contributed by atoms with van der Waals surface area (Å²) in [7, 11) is 0. The predicted molar refractivity (Wildman–Crippen MR) is 111 cm³/mol. The molecule has 4 heterocycles. The van der Waals surface area contributed by atoms with Gasteiger partial charge in [-0.25, -0.2) is 24.1 Å². The Kier molecular flexibility index (Phi) is 5.23. The number of carbonyl (C=O) groups excluding carboxylic acids is 1. The maximum Gasteiger partial charge on any atom is 0.410 e. The zero-order valence-corrected chi connectivity index (χ0v) is 18.3. The summed E-state index contributed by atoms with van der Waals surface area (Å²) in [6.07, 6.45) is 4.88. The minimum absolute atomic E-state index is 0.0245. The molecule has 2 saturated heterocycles. The number of pyridine rings is 1. The van der Waals surface area contributed by atoms with E-state index in [9.17, 15) is 9.18 Å². The van der Waals surface area contributed by atoms with Crippen LogP contribution in [0.3, 0.4) is 0 Å². The van der Waals surface area contributed by atoms with Crippen molar-refractivity contribution >= 4 is 46.2 Å². The molecule has 29 heavy (non-hydrogen) atoms. The van der Waals surface area contributed by atoms with Crippen LogP contribution in [0.1, 0.15) is 33.6 Å². The maximum absolute atomic E-state index is 14.6. The van der Waals surface area contributed by atoms with Crippen LogP contribution in [0.5, 0.6) is 0 Å². The Hall–Kier alpha value is -1.87. The van der Waals surface area contributed by atoms with Gasteiger partial charge in [-0.15, -0.1) is 0 Å². The van der Waals surface area contributed by atoms with Gasteiger partial charge < -0.3 is 9.64 Å². The van der Waals surface area contributed by atoms with Crippen LogP contribution in [-0.4, -0.2) is 63.0 Å². The van der Waals surface area contributed by atoms with Crippen molar-refractivity contribution in [2.75, 3.05) is 24.2 Å². The average Bonchev–Trinajstić information content (AvgIpc) is 2.93. The van der Waals surface area contributed by atoms with Crippen molar-refractivity contribution < 1.29 is 13.9 Å². The lowest BCUT2D eigenvalue weighted by Gasteiger charge is -2.42. The van der Waals surface area contributed by atoms with E-state index in [-0.39, 0.29) is 28.8 Å². The van der Waals surface area contributed by atoms with Gasteiger partial charge in [-0.3, -0.25) is 4.90 Å². The molecule has 0 unspecified atom stereocenters. The van der Waals surface area contributed by atoms with Crippen molar-refractivity contribution in [3.8, 4) is 0 Å². The Balaban J connectivity index is 1.67. The first-order valence-corrected chi connectivity index (χ1v) is 11.1. The van der Waals surface area contributed by atoms with E-state index in [1.54, 1.807) is 0 Å². The first-order valence-electron chi connectivity index (χ1n) is 9.50. The van der Waals surface area contributed by atoms with Crippen LogP contribution < -0.4 is 4.90 Å². The fourth-order valence-electron chi connectivity index (χ4n) is 4.02. The molecule has 2 fully saturated rings. The largest absolute Gasteiger partial charge is 0.444 e. The quantitative estimate of drug-likeness (QED) is 0.395. The summed E-state index contributed by atoms with van der Waals surface area (Å²) in [6, 6.07) is 0.0490. The first kappa shape index (κ1) is 20.4. The van der Waals surface area contributed by atoms with Crippen molar-refractivity contribution in [2.45, 2.75) is 56.5 Å². The highest BCUT2D eigenvalue weighted by Crippen LogP contribution is 2.36. The number of fused-ring (bicyclic) bond motifs is 3. The number of piperazine rings is 1. The van der Waals surface area contributed by atoms with Gasteiger partial charge in [0.2, 0.25) is 0 Å². The van der Waals surface area contributed by atoms with Gasteiger partial charge in [0, 0.05) is 19.3 Å². The zero-order chi connectivity index (χ0) is 20.9. The highest BCUT2D eigenvalue weighted by atomic mass is 35.5. The topological polar surface area (TPSA) is 71.5 Å². The SMILES string of the molecule is CSc1nc(N2C[C@H]3CC[C@@H](C2)N3C(=O)OC(C)(C)C)c2cnc(Cl)c(F)c2n1. The van der Waals surface area contributed by atoms with Crippen molar-refractivity contribution in [2.24, 2.45) is 0 Å². The Morgan fingerprint density at radius 3 is 2.52 bits per heavy atom.